The summed E-state index contributed by atoms with van der Waals surface area (Å²) in [6.45, 7) is 0. The fourth-order valence-corrected chi connectivity index (χ4v) is 10.2. The second-order valence-electron chi connectivity index (χ2n) is 14.6. The zero-order valence-corrected chi connectivity index (χ0v) is 31.5. The van der Waals surface area contributed by atoms with E-state index in [9.17, 15) is 0 Å². The molecule has 5 heteroatoms. The molecule has 0 aliphatic heterocycles. The number of aromatic nitrogens is 4. The molecule has 0 aliphatic rings. The lowest BCUT2D eigenvalue weighted by atomic mass is 9.96. The molecular formula is C52H32N4S. The van der Waals surface area contributed by atoms with Crippen molar-refractivity contribution in [2.24, 2.45) is 0 Å². The highest BCUT2D eigenvalue weighted by Gasteiger charge is 2.22. The van der Waals surface area contributed by atoms with Crippen LogP contribution in [0, 0.1) is 0 Å². The molecule has 0 unspecified atom stereocenters. The van der Waals surface area contributed by atoms with Gasteiger partial charge in [0.1, 0.15) is 0 Å². The van der Waals surface area contributed by atoms with Crippen LogP contribution in [0.1, 0.15) is 0 Å². The average molecular weight is 745 g/mol. The SMILES string of the molecule is c1ccc(-n2c3ccccc3c3c4sc5ccc6c7ccccc7n(-c7cccc(-c8cc(-c9ccccn9)cc(-c9ccccn9)c8)c7)c6c5c4ccc32)cc1. The molecule has 12 aromatic rings. The number of benzene rings is 7. The van der Waals surface area contributed by atoms with Gasteiger partial charge in [0.15, 0.2) is 0 Å². The minimum absolute atomic E-state index is 0.933. The van der Waals surface area contributed by atoms with Gasteiger partial charge in [0, 0.05) is 76.6 Å². The number of fused-ring (bicyclic) bond motifs is 11. The van der Waals surface area contributed by atoms with Gasteiger partial charge in [-0.25, -0.2) is 0 Å². The van der Waals surface area contributed by atoms with Gasteiger partial charge in [-0.15, -0.1) is 11.3 Å². The summed E-state index contributed by atoms with van der Waals surface area (Å²) in [7, 11) is 0. The summed E-state index contributed by atoms with van der Waals surface area (Å²) in [6, 6.07) is 65.6. The van der Waals surface area contributed by atoms with Gasteiger partial charge in [-0.3, -0.25) is 9.97 Å². The highest BCUT2D eigenvalue weighted by atomic mass is 32.1. The molecule has 0 atom stereocenters. The zero-order valence-electron chi connectivity index (χ0n) is 30.7. The van der Waals surface area contributed by atoms with Crippen molar-refractivity contribution >= 4 is 75.1 Å². The Kier molecular flexibility index (Phi) is 7.06. The quantitative estimate of drug-likeness (QED) is 0.176. The summed E-state index contributed by atoms with van der Waals surface area (Å²) >= 11 is 1.90. The van der Waals surface area contributed by atoms with Crippen molar-refractivity contribution in [1.82, 2.24) is 19.1 Å². The summed E-state index contributed by atoms with van der Waals surface area (Å²) < 4.78 is 7.50. The van der Waals surface area contributed by atoms with Crippen LogP contribution in [0.15, 0.2) is 194 Å². The van der Waals surface area contributed by atoms with Crippen LogP contribution < -0.4 is 0 Å². The molecule has 0 spiro atoms. The number of rotatable bonds is 5. The molecule has 0 saturated heterocycles. The topological polar surface area (TPSA) is 35.6 Å². The van der Waals surface area contributed by atoms with Crippen molar-refractivity contribution in [2.75, 3.05) is 0 Å². The minimum Gasteiger partial charge on any atom is -0.309 e. The van der Waals surface area contributed by atoms with Crippen LogP contribution in [0.3, 0.4) is 0 Å². The Balaban J connectivity index is 1.12. The van der Waals surface area contributed by atoms with Crippen molar-refractivity contribution in [1.29, 1.82) is 0 Å². The van der Waals surface area contributed by atoms with Crippen LogP contribution in [0.2, 0.25) is 0 Å². The first-order valence-corrected chi connectivity index (χ1v) is 20.0. The van der Waals surface area contributed by atoms with Crippen molar-refractivity contribution < 1.29 is 0 Å². The Hall–Kier alpha value is -7.34. The molecule has 0 aliphatic carbocycles. The molecule has 57 heavy (non-hydrogen) atoms. The van der Waals surface area contributed by atoms with E-state index < -0.39 is 0 Å². The lowest BCUT2D eigenvalue weighted by Crippen LogP contribution is -1.95. The standard InChI is InChI=1S/C52H32N4S/c1-2-14-37(15-3-1)55-46-22-7-5-18-41(46)49-47(55)25-23-42-50-48(57-52(42)49)26-24-40-39-17-4-6-21-45(39)56(51(40)50)38-16-12-13-33(32-38)34-29-35(43-19-8-10-27-53-43)31-36(30-34)44-20-9-11-28-54-44/h1-32H. The fraction of sp³-hybridized carbons (Fsp3) is 0. The van der Waals surface area contributed by atoms with Gasteiger partial charge >= 0.3 is 0 Å². The third-order valence-corrected chi connectivity index (χ3v) is 12.6. The lowest BCUT2D eigenvalue weighted by Gasteiger charge is -2.13. The molecule has 0 bridgehead atoms. The summed E-state index contributed by atoms with van der Waals surface area (Å²) in [5.41, 5.74) is 13.4. The van der Waals surface area contributed by atoms with Crippen molar-refractivity contribution in [3.63, 3.8) is 0 Å². The highest BCUT2D eigenvalue weighted by molar-refractivity contribution is 7.27. The van der Waals surface area contributed by atoms with Gasteiger partial charge in [-0.1, -0.05) is 91.0 Å². The Bertz CT molecular complexity index is 3450. The first kappa shape index (κ1) is 32.0. The van der Waals surface area contributed by atoms with Gasteiger partial charge in [-0.2, -0.15) is 0 Å². The van der Waals surface area contributed by atoms with Crippen LogP contribution >= 0.6 is 11.3 Å². The predicted octanol–water partition coefficient (Wildman–Crippen LogP) is 14.0. The molecule has 7 aromatic carbocycles. The van der Waals surface area contributed by atoms with Gasteiger partial charge in [0.05, 0.1) is 33.5 Å². The maximum atomic E-state index is 4.72. The first-order chi connectivity index (χ1) is 28.3. The van der Waals surface area contributed by atoms with Crippen LogP contribution in [-0.2, 0) is 0 Å². The molecule has 266 valence electrons. The second-order valence-corrected chi connectivity index (χ2v) is 15.6. The number of nitrogens with zero attached hydrogens (tertiary/aromatic N) is 4. The number of hydrogen-bond acceptors (Lipinski definition) is 3. The number of pyridine rings is 2. The smallest absolute Gasteiger partial charge is 0.0702 e. The molecule has 0 amide bonds. The van der Waals surface area contributed by atoms with Crippen molar-refractivity contribution in [3.05, 3.63) is 194 Å². The molecule has 5 heterocycles. The van der Waals surface area contributed by atoms with Gasteiger partial charge in [0.2, 0.25) is 0 Å². The van der Waals surface area contributed by atoms with Crippen LogP contribution in [0.4, 0.5) is 0 Å². The molecule has 5 aromatic heterocycles. The summed E-state index contributed by atoms with van der Waals surface area (Å²) in [4.78, 5) is 9.44. The van der Waals surface area contributed by atoms with Crippen molar-refractivity contribution in [2.45, 2.75) is 0 Å². The Labute approximate surface area is 332 Å². The normalized spacial score (nSPS) is 11.9. The molecular weight excluding hydrogens is 713 g/mol. The van der Waals surface area contributed by atoms with E-state index in [1.165, 1.54) is 69.5 Å². The van der Waals surface area contributed by atoms with E-state index in [0.29, 0.717) is 0 Å². The maximum Gasteiger partial charge on any atom is 0.0702 e. The van der Waals surface area contributed by atoms with E-state index in [1.807, 2.05) is 48.0 Å². The van der Waals surface area contributed by atoms with Crippen LogP contribution in [-0.4, -0.2) is 19.1 Å². The number of para-hydroxylation sites is 3. The molecule has 0 N–H and O–H groups in total. The molecule has 0 saturated carbocycles. The van der Waals surface area contributed by atoms with E-state index in [0.717, 1.165) is 39.3 Å². The second kappa shape index (κ2) is 12.6. The van der Waals surface area contributed by atoms with E-state index in [1.54, 1.807) is 0 Å². The fourth-order valence-electron chi connectivity index (χ4n) is 8.93. The minimum atomic E-state index is 0.933. The summed E-state index contributed by atoms with van der Waals surface area (Å²) in [5.74, 6) is 0. The monoisotopic (exact) mass is 744 g/mol. The number of hydrogen-bond donors (Lipinski definition) is 0. The highest BCUT2D eigenvalue weighted by Crippen LogP contribution is 2.47. The third kappa shape index (κ3) is 4.93. The zero-order chi connectivity index (χ0) is 37.5. The predicted molar refractivity (Wildman–Crippen MR) is 240 cm³/mol. The van der Waals surface area contributed by atoms with E-state index in [4.69, 9.17) is 9.97 Å². The maximum absolute atomic E-state index is 4.72. The molecule has 4 nitrogen and oxygen atoms in total. The lowest BCUT2D eigenvalue weighted by molar-refractivity contribution is 1.18. The molecule has 12 rings (SSSR count). The Morgan fingerprint density at radius 2 is 1.00 bits per heavy atom. The van der Waals surface area contributed by atoms with E-state index in [2.05, 4.69) is 167 Å². The summed E-state index contributed by atoms with van der Waals surface area (Å²) in [6.07, 6.45) is 3.71. The Morgan fingerprint density at radius 1 is 0.368 bits per heavy atom. The van der Waals surface area contributed by atoms with Crippen molar-refractivity contribution in [3.8, 4) is 45.0 Å². The van der Waals surface area contributed by atoms with Gasteiger partial charge < -0.3 is 9.13 Å². The Morgan fingerprint density at radius 3 is 1.74 bits per heavy atom. The molecule has 0 radical (unpaired) electrons. The van der Waals surface area contributed by atoms with Crippen LogP contribution in [0.5, 0.6) is 0 Å². The first-order valence-electron chi connectivity index (χ1n) is 19.2. The van der Waals surface area contributed by atoms with E-state index in [-0.39, 0.29) is 0 Å². The third-order valence-electron chi connectivity index (χ3n) is 11.4. The van der Waals surface area contributed by atoms with E-state index >= 15 is 0 Å². The van der Waals surface area contributed by atoms with Gasteiger partial charge in [-0.05, 0) is 102 Å². The largest absolute Gasteiger partial charge is 0.309 e. The number of thiophene rings is 1. The molecule has 0 fully saturated rings. The van der Waals surface area contributed by atoms with Crippen LogP contribution in [0.25, 0.3) is 109 Å². The average Bonchev–Trinajstić information content (AvgIpc) is 3.95. The summed E-state index contributed by atoms with van der Waals surface area (Å²) in [5, 5.41) is 7.66. The van der Waals surface area contributed by atoms with Gasteiger partial charge in [0.25, 0.3) is 0 Å².